The van der Waals surface area contributed by atoms with Gasteiger partial charge in [-0.1, -0.05) is 15.9 Å². The van der Waals surface area contributed by atoms with E-state index in [9.17, 15) is 13.6 Å². The number of aliphatic hydroxyl groups excluding tert-OH is 1. The Hall–Kier alpha value is -1.21. The maximum atomic E-state index is 12.8. The van der Waals surface area contributed by atoms with Gasteiger partial charge in [0, 0.05) is 10.2 Å². The predicted octanol–water partition coefficient (Wildman–Crippen LogP) is 2.19. The number of rotatable bonds is 5. The number of anilines is 1. The highest BCUT2D eigenvalue weighted by molar-refractivity contribution is 9.10. The maximum Gasteiger partial charge on any atom is 0.337 e. The number of hydrogen-bond donors (Lipinski definition) is 3. The molecular weight excluding hydrogens is 300 g/mol. The zero-order valence-electron chi connectivity index (χ0n) is 8.58. The van der Waals surface area contributed by atoms with E-state index in [1.165, 1.54) is 18.2 Å². The van der Waals surface area contributed by atoms with E-state index in [4.69, 9.17) is 10.2 Å². The summed E-state index contributed by atoms with van der Waals surface area (Å²) in [6.45, 7) is -2.12. The zero-order valence-corrected chi connectivity index (χ0v) is 10.2. The highest BCUT2D eigenvalue weighted by Gasteiger charge is 2.27. The van der Waals surface area contributed by atoms with Crippen LogP contribution in [0.3, 0.4) is 0 Å². The second kappa shape index (κ2) is 5.42. The van der Waals surface area contributed by atoms with Gasteiger partial charge >= 0.3 is 5.97 Å². The summed E-state index contributed by atoms with van der Waals surface area (Å²) in [7, 11) is 0. The number of alkyl halides is 2. The summed E-state index contributed by atoms with van der Waals surface area (Å²) < 4.78 is 26.1. The number of carboxylic acid groups (broad SMARTS) is 1. The number of aromatic carboxylic acids is 1. The first kappa shape index (κ1) is 13.9. The second-order valence-corrected chi connectivity index (χ2v) is 4.28. The van der Waals surface area contributed by atoms with Gasteiger partial charge in [0.1, 0.15) is 6.61 Å². The fraction of sp³-hybridized carbons (Fsp3) is 0.300. The van der Waals surface area contributed by atoms with Crippen LogP contribution in [-0.2, 0) is 0 Å². The van der Waals surface area contributed by atoms with Crippen molar-refractivity contribution >= 4 is 27.6 Å². The number of aliphatic hydroxyl groups is 1. The molecule has 0 spiro atoms. The van der Waals surface area contributed by atoms with E-state index in [1.54, 1.807) is 0 Å². The standard InChI is InChI=1S/C10H10BrF2NO3/c11-6-1-2-8(7(3-6)9(16)17)14-4-10(12,13)5-15/h1-3,14-15H,4-5H2,(H,16,17). The Balaban J connectivity index is 2.88. The van der Waals surface area contributed by atoms with Crippen LogP contribution in [0.25, 0.3) is 0 Å². The first-order valence-corrected chi connectivity index (χ1v) is 5.40. The molecule has 0 unspecified atom stereocenters. The third kappa shape index (κ3) is 3.94. The van der Waals surface area contributed by atoms with Gasteiger partial charge in [0.25, 0.3) is 5.92 Å². The minimum Gasteiger partial charge on any atom is -0.478 e. The average Bonchev–Trinajstić information content (AvgIpc) is 2.27. The summed E-state index contributed by atoms with van der Waals surface area (Å²) in [5, 5.41) is 19.6. The monoisotopic (exact) mass is 309 g/mol. The molecule has 0 aliphatic rings. The molecule has 0 bridgehead atoms. The summed E-state index contributed by atoms with van der Waals surface area (Å²) >= 11 is 3.09. The van der Waals surface area contributed by atoms with Gasteiger partial charge in [0.2, 0.25) is 0 Å². The Bertz CT molecular complexity index is 426. The molecule has 7 heteroatoms. The molecule has 0 heterocycles. The average molecular weight is 310 g/mol. The largest absolute Gasteiger partial charge is 0.478 e. The Labute approximate surface area is 104 Å². The van der Waals surface area contributed by atoms with Crippen LogP contribution >= 0.6 is 15.9 Å². The highest BCUT2D eigenvalue weighted by Crippen LogP contribution is 2.22. The van der Waals surface area contributed by atoms with Gasteiger partial charge in [-0.2, -0.15) is 0 Å². The van der Waals surface area contributed by atoms with Gasteiger partial charge in [0.05, 0.1) is 12.1 Å². The molecule has 0 saturated carbocycles. The SMILES string of the molecule is O=C(O)c1cc(Br)ccc1NCC(F)(F)CO. The molecule has 1 aromatic rings. The molecule has 0 saturated heterocycles. The zero-order chi connectivity index (χ0) is 13.1. The van der Waals surface area contributed by atoms with Crippen LogP contribution < -0.4 is 5.32 Å². The fourth-order valence-electron chi connectivity index (χ4n) is 1.13. The molecule has 4 nitrogen and oxygen atoms in total. The van der Waals surface area contributed by atoms with E-state index in [2.05, 4.69) is 21.2 Å². The first-order chi connectivity index (χ1) is 7.85. The van der Waals surface area contributed by atoms with Crippen molar-refractivity contribution < 1.29 is 23.8 Å². The van der Waals surface area contributed by atoms with Crippen molar-refractivity contribution in [1.29, 1.82) is 0 Å². The fourth-order valence-corrected chi connectivity index (χ4v) is 1.49. The summed E-state index contributed by atoms with van der Waals surface area (Å²) in [6, 6.07) is 4.22. The molecule has 0 amide bonds. The first-order valence-electron chi connectivity index (χ1n) is 4.61. The smallest absolute Gasteiger partial charge is 0.337 e. The van der Waals surface area contributed by atoms with Gasteiger partial charge in [-0.05, 0) is 18.2 Å². The molecule has 0 atom stereocenters. The van der Waals surface area contributed by atoms with Crippen molar-refractivity contribution in [3.8, 4) is 0 Å². The lowest BCUT2D eigenvalue weighted by Gasteiger charge is -2.16. The van der Waals surface area contributed by atoms with Crippen LogP contribution in [0.5, 0.6) is 0 Å². The van der Waals surface area contributed by atoms with E-state index in [1.807, 2.05) is 0 Å². The summed E-state index contributed by atoms with van der Waals surface area (Å²) in [5.41, 5.74) is -0.0399. The van der Waals surface area contributed by atoms with Crippen LogP contribution in [0.1, 0.15) is 10.4 Å². The minimum absolute atomic E-state index is 0.0776. The molecule has 0 fully saturated rings. The topological polar surface area (TPSA) is 69.6 Å². The lowest BCUT2D eigenvalue weighted by molar-refractivity contribution is -0.0373. The van der Waals surface area contributed by atoms with Crippen molar-refractivity contribution in [2.75, 3.05) is 18.5 Å². The molecule has 94 valence electrons. The molecule has 3 N–H and O–H groups in total. The van der Waals surface area contributed by atoms with E-state index in [-0.39, 0.29) is 11.3 Å². The van der Waals surface area contributed by atoms with Crippen molar-refractivity contribution in [3.63, 3.8) is 0 Å². The molecule has 1 aromatic carbocycles. The molecule has 0 aliphatic carbocycles. The number of hydrogen-bond acceptors (Lipinski definition) is 3. The Morgan fingerprint density at radius 1 is 1.47 bits per heavy atom. The lowest BCUT2D eigenvalue weighted by Crippen LogP contribution is -2.31. The van der Waals surface area contributed by atoms with Crippen LogP contribution in [-0.4, -0.2) is 35.3 Å². The number of halogens is 3. The molecule has 17 heavy (non-hydrogen) atoms. The number of benzene rings is 1. The maximum absolute atomic E-state index is 12.8. The third-order valence-corrected chi connectivity index (χ3v) is 2.47. The van der Waals surface area contributed by atoms with Crippen molar-refractivity contribution in [1.82, 2.24) is 0 Å². The Morgan fingerprint density at radius 2 is 2.12 bits per heavy atom. The molecular formula is C10H10BrF2NO3. The Morgan fingerprint density at radius 3 is 2.65 bits per heavy atom. The third-order valence-electron chi connectivity index (χ3n) is 1.98. The lowest BCUT2D eigenvalue weighted by atomic mass is 10.1. The molecule has 0 aliphatic heterocycles. The van der Waals surface area contributed by atoms with Gasteiger partial charge in [-0.15, -0.1) is 0 Å². The van der Waals surface area contributed by atoms with Crippen LogP contribution in [0.15, 0.2) is 22.7 Å². The quantitative estimate of drug-likeness (QED) is 0.780. The number of nitrogens with one attached hydrogen (secondary N) is 1. The van der Waals surface area contributed by atoms with Gasteiger partial charge in [0.15, 0.2) is 0 Å². The van der Waals surface area contributed by atoms with E-state index >= 15 is 0 Å². The highest BCUT2D eigenvalue weighted by atomic mass is 79.9. The van der Waals surface area contributed by atoms with E-state index in [0.29, 0.717) is 4.47 Å². The molecule has 0 radical (unpaired) electrons. The van der Waals surface area contributed by atoms with Crippen LogP contribution in [0.2, 0.25) is 0 Å². The summed E-state index contributed by atoms with van der Waals surface area (Å²) in [5.74, 6) is -4.51. The van der Waals surface area contributed by atoms with Crippen LogP contribution in [0, 0.1) is 0 Å². The Kier molecular flexibility index (Phi) is 4.41. The summed E-state index contributed by atoms with van der Waals surface area (Å²) in [6.07, 6.45) is 0. The minimum atomic E-state index is -3.29. The molecule has 0 aromatic heterocycles. The number of carbonyl (C=O) groups is 1. The number of carboxylic acids is 1. The van der Waals surface area contributed by atoms with Gasteiger partial charge in [-0.3, -0.25) is 0 Å². The summed E-state index contributed by atoms with van der Waals surface area (Å²) in [4.78, 5) is 10.9. The molecule has 1 rings (SSSR count). The van der Waals surface area contributed by atoms with Crippen molar-refractivity contribution in [2.24, 2.45) is 0 Å². The predicted molar refractivity (Wildman–Crippen MR) is 61.6 cm³/mol. The van der Waals surface area contributed by atoms with E-state index < -0.39 is 25.0 Å². The van der Waals surface area contributed by atoms with Crippen molar-refractivity contribution in [3.05, 3.63) is 28.2 Å². The van der Waals surface area contributed by atoms with Crippen LogP contribution in [0.4, 0.5) is 14.5 Å². The normalized spacial score (nSPS) is 11.3. The van der Waals surface area contributed by atoms with E-state index in [0.717, 1.165) is 0 Å². The second-order valence-electron chi connectivity index (χ2n) is 3.36. The van der Waals surface area contributed by atoms with Gasteiger partial charge in [-0.25, -0.2) is 13.6 Å². The van der Waals surface area contributed by atoms with Crippen molar-refractivity contribution in [2.45, 2.75) is 5.92 Å². The van der Waals surface area contributed by atoms with Gasteiger partial charge < -0.3 is 15.5 Å².